The molecule has 0 spiro atoms. The van der Waals surface area contributed by atoms with Gasteiger partial charge in [-0.15, -0.1) is 0 Å². The Bertz CT molecular complexity index is 97.0. The monoisotopic (exact) mass is 148 g/mol. The summed E-state index contributed by atoms with van der Waals surface area (Å²) < 4.78 is 0. The lowest BCUT2D eigenvalue weighted by atomic mass is 10.6. The molecule has 9 heavy (non-hydrogen) atoms. The molecule has 0 aromatic carbocycles. The molecule has 0 bridgehead atoms. The molecule has 54 valence electrons. The number of nitrogens with one attached hydrogen (secondary N) is 1. The van der Waals surface area contributed by atoms with Crippen LogP contribution in [0.1, 0.15) is 0 Å². The summed E-state index contributed by atoms with van der Waals surface area (Å²) in [5.74, 6) is 0. The van der Waals surface area contributed by atoms with E-state index in [4.69, 9.17) is 17.3 Å². The molecule has 0 aliphatic carbocycles. The van der Waals surface area contributed by atoms with Crippen LogP contribution >= 0.6 is 12.2 Å². The third-order valence-corrected chi connectivity index (χ3v) is 1.51. The van der Waals surface area contributed by atoms with Crippen molar-refractivity contribution in [2.24, 2.45) is 0 Å². The van der Waals surface area contributed by atoms with Crippen molar-refractivity contribution in [2.45, 2.75) is 0 Å². The van der Waals surface area contributed by atoms with Crippen LogP contribution < -0.4 is 5.32 Å². The molecule has 0 aromatic rings. The summed E-state index contributed by atoms with van der Waals surface area (Å²) in [4.78, 5) is 1.77. The molecule has 0 radical (unpaired) electrons. The number of hydrogen-bond acceptors (Lipinski definition) is 2. The van der Waals surface area contributed by atoms with Crippen LogP contribution in [0.2, 0.25) is 0 Å². The van der Waals surface area contributed by atoms with Crippen molar-refractivity contribution in [3.63, 3.8) is 0 Å². The van der Waals surface area contributed by atoms with Crippen molar-refractivity contribution >= 4 is 17.3 Å². The first-order valence-corrected chi connectivity index (χ1v) is 3.17. The van der Waals surface area contributed by atoms with Gasteiger partial charge >= 0.3 is 0 Å². The zero-order valence-electron chi connectivity index (χ0n) is 5.72. The molecule has 0 fully saturated rings. The molecule has 4 heteroatoms. The Morgan fingerprint density at radius 3 is 2.67 bits per heavy atom. The highest BCUT2D eigenvalue weighted by Gasteiger charge is 1.97. The topological polar surface area (TPSA) is 35.5 Å². The second kappa shape index (κ2) is 4.52. The van der Waals surface area contributed by atoms with Gasteiger partial charge in [-0.25, -0.2) is 0 Å². The molecule has 0 atom stereocenters. The maximum absolute atomic E-state index is 8.45. The van der Waals surface area contributed by atoms with Gasteiger partial charge in [-0.2, -0.15) is 0 Å². The maximum atomic E-state index is 8.45. The van der Waals surface area contributed by atoms with Gasteiger partial charge in [0, 0.05) is 20.6 Å². The van der Waals surface area contributed by atoms with Gasteiger partial charge < -0.3 is 15.3 Å². The average Bonchev–Trinajstić information content (AvgIpc) is 1.87. The third-order valence-electron chi connectivity index (χ3n) is 0.996. The predicted octanol–water partition coefficient (Wildman–Crippen LogP) is -0.585. The van der Waals surface area contributed by atoms with Crippen LogP contribution in [0.15, 0.2) is 0 Å². The molecule has 2 N–H and O–H groups in total. The molecule has 0 aromatic heterocycles. The maximum Gasteiger partial charge on any atom is 0.168 e. The molecule has 0 saturated heterocycles. The first-order valence-electron chi connectivity index (χ1n) is 2.76. The minimum absolute atomic E-state index is 0.137. The van der Waals surface area contributed by atoms with Gasteiger partial charge in [0.25, 0.3) is 0 Å². The Balaban J connectivity index is 3.45. The van der Waals surface area contributed by atoms with E-state index in [1.54, 1.807) is 11.9 Å². The standard InChI is InChI=1S/C5H12N2OS/c1-6-5(9)7(2)3-4-8/h8H,3-4H2,1-2H3,(H,6,9). The first-order chi connectivity index (χ1) is 4.22. The van der Waals surface area contributed by atoms with Gasteiger partial charge in [0.1, 0.15) is 0 Å². The van der Waals surface area contributed by atoms with E-state index in [-0.39, 0.29) is 6.61 Å². The fourth-order valence-electron chi connectivity index (χ4n) is 0.442. The van der Waals surface area contributed by atoms with Crippen LogP contribution in [0.25, 0.3) is 0 Å². The lowest BCUT2D eigenvalue weighted by Crippen LogP contribution is -2.36. The van der Waals surface area contributed by atoms with Crippen molar-refractivity contribution in [1.82, 2.24) is 10.2 Å². The number of nitrogens with zero attached hydrogens (tertiary/aromatic N) is 1. The van der Waals surface area contributed by atoms with Gasteiger partial charge in [-0.1, -0.05) is 0 Å². The quantitative estimate of drug-likeness (QED) is 0.513. The van der Waals surface area contributed by atoms with E-state index in [1.165, 1.54) is 0 Å². The Morgan fingerprint density at radius 1 is 1.78 bits per heavy atom. The predicted molar refractivity (Wildman–Crippen MR) is 41.4 cm³/mol. The Labute approximate surface area is 60.7 Å². The van der Waals surface area contributed by atoms with E-state index < -0.39 is 0 Å². The zero-order chi connectivity index (χ0) is 7.28. The van der Waals surface area contributed by atoms with E-state index in [0.717, 1.165) is 0 Å². The molecular formula is C5H12N2OS. The molecule has 0 rings (SSSR count). The lowest BCUT2D eigenvalue weighted by molar-refractivity contribution is 0.263. The van der Waals surface area contributed by atoms with Gasteiger partial charge in [0.2, 0.25) is 0 Å². The molecule has 3 nitrogen and oxygen atoms in total. The molecule has 0 unspecified atom stereocenters. The van der Waals surface area contributed by atoms with Crippen molar-refractivity contribution in [1.29, 1.82) is 0 Å². The summed E-state index contributed by atoms with van der Waals surface area (Å²) in [7, 11) is 3.59. The molecule has 0 aliphatic rings. The normalized spacial score (nSPS) is 8.78. The van der Waals surface area contributed by atoms with Crippen LogP contribution in [0, 0.1) is 0 Å². The SMILES string of the molecule is CNC(=S)N(C)CCO. The van der Waals surface area contributed by atoms with E-state index in [2.05, 4.69) is 5.32 Å². The van der Waals surface area contributed by atoms with Gasteiger partial charge in [0.05, 0.1) is 6.61 Å². The number of aliphatic hydroxyl groups is 1. The summed E-state index contributed by atoms with van der Waals surface area (Å²) >= 11 is 4.85. The molecule has 0 heterocycles. The summed E-state index contributed by atoms with van der Waals surface area (Å²) in [6.45, 7) is 0.720. The highest BCUT2D eigenvalue weighted by atomic mass is 32.1. The zero-order valence-corrected chi connectivity index (χ0v) is 6.53. The highest BCUT2D eigenvalue weighted by Crippen LogP contribution is 1.80. The van der Waals surface area contributed by atoms with Crippen molar-refractivity contribution in [2.75, 3.05) is 27.2 Å². The third kappa shape index (κ3) is 3.26. The van der Waals surface area contributed by atoms with E-state index in [0.29, 0.717) is 11.7 Å². The number of aliphatic hydroxyl groups excluding tert-OH is 1. The fraction of sp³-hybridized carbons (Fsp3) is 0.800. The lowest BCUT2D eigenvalue weighted by Gasteiger charge is -2.17. The largest absolute Gasteiger partial charge is 0.395 e. The second-order valence-electron chi connectivity index (χ2n) is 1.70. The van der Waals surface area contributed by atoms with E-state index >= 15 is 0 Å². The Hall–Kier alpha value is -0.350. The van der Waals surface area contributed by atoms with Crippen LogP contribution in [0.3, 0.4) is 0 Å². The fourth-order valence-corrected chi connectivity index (χ4v) is 0.534. The van der Waals surface area contributed by atoms with Crippen molar-refractivity contribution in [3.8, 4) is 0 Å². The number of rotatable bonds is 2. The first kappa shape index (κ1) is 8.65. The summed E-state index contributed by atoms with van der Waals surface area (Å²) in [5.41, 5.74) is 0. The van der Waals surface area contributed by atoms with Crippen molar-refractivity contribution in [3.05, 3.63) is 0 Å². The van der Waals surface area contributed by atoms with Crippen LogP contribution in [-0.2, 0) is 0 Å². The molecule has 0 aliphatic heterocycles. The van der Waals surface area contributed by atoms with Gasteiger partial charge in [0.15, 0.2) is 5.11 Å². The summed E-state index contributed by atoms with van der Waals surface area (Å²) in [6, 6.07) is 0. The summed E-state index contributed by atoms with van der Waals surface area (Å²) in [5, 5.41) is 11.9. The van der Waals surface area contributed by atoms with Crippen LogP contribution in [0.5, 0.6) is 0 Å². The highest BCUT2D eigenvalue weighted by molar-refractivity contribution is 7.80. The molecular weight excluding hydrogens is 136 g/mol. The van der Waals surface area contributed by atoms with Crippen LogP contribution in [0.4, 0.5) is 0 Å². The van der Waals surface area contributed by atoms with E-state index in [1.807, 2.05) is 7.05 Å². The Morgan fingerprint density at radius 2 is 2.33 bits per heavy atom. The number of hydrogen-bond donors (Lipinski definition) is 2. The number of thiocarbonyl (C=S) groups is 1. The summed E-state index contributed by atoms with van der Waals surface area (Å²) in [6.07, 6.45) is 0. The average molecular weight is 148 g/mol. The van der Waals surface area contributed by atoms with Gasteiger partial charge in [-0.3, -0.25) is 0 Å². The van der Waals surface area contributed by atoms with Crippen LogP contribution in [-0.4, -0.2) is 42.4 Å². The molecule has 0 saturated carbocycles. The second-order valence-corrected chi connectivity index (χ2v) is 2.09. The smallest absolute Gasteiger partial charge is 0.168 e. The minimum Gasteiger partial charge on any atom is -0.395 e. The van der Waals surface area contributed by atoms with E-state index in [9.17, 15) is 0 Å². The van der Waals surface area contributed by atoms with Crippen molar-refractivity contribution < 1.29 is 5.11 Å². The Kier molecular flexibility index (Phi) is 4.35. The van der Waals surface area contributed by atoms with Gasteiger partial charge in [-0.05, 0) is 12.2 Å². The molecule has 0 amide bonds. The number of likely N-dealkylation sites (N-methyl/N-ethyl adjacent to an activating group) is 1. The minimum atomic E-state index is 0.137.